The van der Waals surface area contributed by atoms with Gasteiger partial charge in [-0.25, -0.2) is 4.98 Å². The van der Waals surface area contributed by atoms with Crippen LogP contribution in [-0.4, -0.2) is 21.1 Å². The van der Waals surface area contributed by atoms with Crippen LogP contribution in [0.25, 0.3) is 10.2 Å². The molecule has 1 aliphatic carbocycles. The maximum absolute atomic E-state index is 12.7. The van der Waals surface area contributed by atoms with Crippen molar-refractivity contribution in [1.82, 2.24) is 9.55 Å². The van der Waals surface area contributed by atoms with Crippen molar-refractivity contribution in [1.29, 1.82) is 0 Å². The van der Waals surface area contributed by atoms with Crippen LogP contribution < -0.4 is 5.56 Å². The maximum Gasteiger partial charge on any atom is 0.272 e. The average molecular weight is 397 g/mol. The fourth-order valence-electron chi connectivity index (χ4n) is 3.44. The number of carbonyl (C=O) groups is 1. The number of carbonyl (C=O) groups excluding carboxylic acids is 1. The molecule has 6 heteroatoms. The summed E-state index contributed by atoms with van der Waals surface area (Å²) in [5, 5.41) is 2.43. The lowest BCUT2D eigenvalue weighted by atomic mass is 9.90. The molecule has 1 aliphatic rings. The minimum absolute atomic E-state index is 0.0678. The van der Waals surface area contributed by atoms with Gasteiger partial charge in [0.25, 0.3) is 5.56 Å². The van der Waals surface area contributed by atoms with E-state index in [9.17, 15) is 9.59 Å². The van der Waals surface area contributed by atoms with Crippen molar-refractivity contribution in [3.05, 3.63) is 69.3 Å². The molecule has 0 spiro atoms. The van der Waals surface area contributed by atoms with E-state index in [1.807, 2.05) is 23.6 Å². The lowest BCUT2D eigenvalue weighted by molar-refractivity contribution is 0.102. The van der Waals surface area contributed by atoms with Crippen LogP contribution in [0.2, 0.25) is 0 Å². The third kappa shape index (κ3) is 3.64. The van der Waals surface area contributed by atoms with Gasteiger partial charge in [0.1, 0.15) is 4.70 Å². The molecule has 0 radical (unpaired) electrons. The molecule has 27 heavy (non-hydrogen) atoms. The summed E-state index contributed by atoms with van der Waals surface area (Å²) in [4.78, 5) is 30.0. The molecular weight excluding hydrogens is 376 g/mol. The van der Waals surface area contributed by atoms with E-state index in [0.29, 0.717) is 21.9 Å². The number of hydrogen-bond donors (Lipinski definition) is 0. The van der Waals surface area contributed by atoms with E-state index >= 15 is 0 Å². The molecule has 0 unspecified atom stereocenters. The van der Waals surface area contributed by atoms with Crippen molar-refractivity contribution in [3.63, 3.8) is 0 Å². The summed E-state index contributed by atoms with van der Waals surface area (Å²) < 4.78 is 2.23. The van der Waals surface area contributed by atoms with Gasteiger partial charge >= 0.3 is 0 Å². The second kappa shape index (κ2) is 7.82. The number of benzene rings is 1. The normalized spacial score (nSPS) is 13.5. The average Bonchev–Trinajstić information content (AvgIpc) is 3.17. The van der Waals surface area contributed by atoms with E-state index in [4.69, 9.17) is 0 Å². The molecule has 0 N–H and O–H groups in total. The van der Waals surface area contributed by atoms with Gasteiger partial charge in [0.05, 0.1) is 11.3 Å². The van der Waals surface area contributed by atoms with E-state index < -0.39 is 0 Å². The highest BCUT2D eigenvalue weighted by molar-refractivity contribution is 7.99. The summed E-state index contributed by atoms with van der Waals surface area (Å²) >= 11 is 2.71. The second-order valence-electron chi connectivity index (χ2n) is 6.64. The molecule has 0 saturated heterocycles. The summed E-state index contributed by atoms with van der Waals surface area (Å²) in [6, 6.07) is 7.91. The van der Waals surface area contributed by atoms with Gasteiger partial charge in [0.15, 0.2) is 10.9 Å². The zero-order valence-electron chi connectivity index (χ0n) is 14.9. The van der Waals surface area contributed by atoms with Gasteiger partial charge < -0.3 is 0 Å². The molecule has 2 aromatic heterocycles. The minimum atomic E-state index is -0.0707. The number of hydrogen-bond acceptors (Lipinski definition) is 5. The van der Waals surface area contributed by atoms with E-state index in [1.54, 1.807) is 10.6 Å². The molecular formula is C21H20N2O2S2. The number of nitrogens with zero attached hydrogens (tertiary/aromatic N) is 2. The first-order chi connectivity index (χ1) is 13.2. The van der Waals surface area contributed by atoms with Crippen molar-refractivity contribution < 1.29 is 4.79 Å². The molecule has 0 bridgehead atoms. The summed E-state index contributed by atoms with van der Waals surface area (Å²) in [5.74, 6) is 0.330. The Balaban J connectivity index is 1.57. The van der Waals surface area contributed by atoms with Crippen molar-refractivity contribution >= 4 is 39.1 Å². The van der Waals surface area contributed by atoms with Gasteiger partial charge in [0.2, 0.25) is 0 Å². The number of rotatable bonds is 6. The SMILES string of the molecule is C=CCn1c(SCC(=O)c2ccc3c(c2)CCCC3)nc2ccsc2c1=O. The summed E-state index contributed by atoms with van der Waals surface area (Å²) in [7, 11) is 0. The maximum atomic E-state index is 12.7. The predicted octanol–water partition coefficient (Wildman–Crippen LogP) is 4.50. The van der Waals surface area contributed by atoms with Crippen LogP contribution in [0, 0.1) is 0 Å². The zero-order chi connectivity index (χ0) is 18.8. The Hall–Kier alpha value is -2.18. The van der Waals surface area contributed by atoms with Crippen LogP contribution in [-0.2, 0) is 19.4 Å². The van der Waals surface area contributed by atoms with Gasteiger partial charge in [0, 0.05) is 12.1 Å². The van der Waals surface area contributed by atoms with Crippen LogP contribution in [0.3, 0.4) is 0 Å². The third-order valence-corrected chi connectivity index (χ3v) is 6.71. The first-order valence-corrected chi connectivity index (χ1v) is 10.9. The minimum Gasteiger partial charge on any atom is -0.293 e. The van der Waals surface area contributed by atoms with E-state index in [0.717, 1.165) is 18.4 Å². The quantitative estimate of drug-likeness (QED) is 0.266. The second-order valence-corrected chi connectivity index (χ2v) is 8.49. The Morgan fingerprint density at radius 3 is 2.89 bits per heavy atom. The Labute approximate surface area is 165 Å². The van der Waals surface area contributed by atoms with Gasteiger partial charge in [-0.15, -0.1) is 17.9 Å². The molecule has 2 heterocycles. The Bertz CT molecular complexity index is 1080. The van der Waals surface area contributed by atoms with Gasteiger partial charge in [-0.1, -0.05) is 30.0 Å². The fraction of sp³-hybridized carbons (Fsp3) is 0.286. The monoisotopic (exact) mass is 396 g/mol. The lowest BCUT2D eigenvalue weighted by Gasteiger charge is -2.16. The van der Waals surface area contributed by atoms with Crippen molar-refractivity contribution in [3.8, 4) is 0 Å². The molecule has 4 nitrogen and oxygen atoms in total. The van der Waals surface area contributed by atoms with Gasteiger partial charge in [-0.2, -0.15) is 0 Å². The third-order valence-electron chi connectivity index (χ3n) is 4.85. The number of aromatic nitrogens is 2. The van der Waals surface area contributed by atoms with Crippen LogP contribution in [0.1, 0.15) is 34.3 Å². The van der Waals surface area contributed by atoms with E-state index in [-0.39, 0.29) is 17.1 Å². The molecule has 138 valence electrons. The van der Waals surface area contributed by atoms with E-state index in [1.165, 1.54) is 47.1 Å². The van der Waals surface area contributed by atoms with Crippen molar-refractivity contribution in [2.75, 3.05) is 5.75 Å². The number of aryl methyl sites for hydroxylation is 2. The zero-order valence-corrected chi connectivity index (χ0v) is 16.6. The highest BCUT2D eigenvalue weighted by Crippen LogP contribution is 2.25. The van der Waals surface area contributed by atoms with Gasteiger partial charge in [-0.05, 0) is 54.3 Å². The molecule has 0 fully saturated rings. The Morgan fingerprint density at radius 2 is 2.07 bits per heavy atom. The molecule has 4 rings (SSSR count). The smallest absolute Gasteiger partial charge is 0.272 e. The first kappa shape index (κ1) is 18.2. The molecule has 0 aliphatic heterocycles. The van der Waals surface area contributed by atoms with Crippen molar-refractivity contribution in [2.45, 2.75) is 37.4 Å². The van der Waals surface area contributed by atoms with Crippen LogP contribution in [0.5, 0.6) is 0 Å². The van der Waals surface area contributed by atoms with Gasteiger partial charge in [-0.3, -0.25) is 14.2 Å². The van der Waals surface area contributed by atoms with E-state index in [2.05, 4.69) is 17.6 Å². The topological polar surface area (TPSA) is 52.0 Å². The Kier molecular flexibility index (Phi) is 5.27. The summed E-state index contributed by atoms with van der Waals surface area (Å²) in [6.07, 6.45) is 6.26. The van der Waals surface area contributed by atoms with Crippen LogP contribution >= 0.6 is 23.1 Å². The predicted molar refractivity (Wildman–Crippen MR) is 112 cm³/mol. The molecule has 3 aromatic rings. The molecule has 1 aromatic carbocycles. The van der Waals surface area contributed by atoms with Crippen LogP contribution in [0.15, 0.2) is 52.3 Å². The summed E-state index contributed by atoms with van der Waals surface area (Å²) in [5.41, 5.74) is 4.04. The number of thioether (sulfide) groups is 1. The number of ketones is 1. The standard InChI is InChI=1S/C21H20N2O2S2/c1-2-10-23-20(25)19-17(9-11-26-19)22-21(23)27-13-18(24)16-8-7-14-5-3-4-6-15(14)12-16/h2,7-9,11-12H,1,3-6,10,13H2. The number of fused-ring (bicyclic) bond motifs is 2. The molecule has 0 atom stereocenters. The first-order valence-electron chi connectivity index (χ1n) is 9.04. The lowest BCUT2D eigenvalue weighted by Crippen LogP contribution is -2.22. The molecule has 0 saturated carbocycles. The molecule has 0 amide bonds. The highest BCUT2D eigenvalue weighted by Gasteiger charge is 2.16. The number of thiophene rings is 1. The van der Waals surface area contributed by atoms with Crippen molar-refractivity contribution in [2.24, 2.45) is 0 Å². The van der Waals surface area contributed by atoms with Crippen LogP contribution in [0.4, 0.5) is 0 Å². The highest BCUT2D eigenvalue weighted by atomic mass is 32.2. The fourth-order valence-corrected chi connectivity index (χ4v) is 5.13. The number of allylic oxidation sites excluding steroid dienone is 1. The summed E-state index contributed by atoms with van der Waals surface area (Å²) in [6.45, 7) is 4.11. The number of Topliss-reactive ketones (excluding diaryl/α,β-unsaturated/α-hetero) is 1. The Morgan fingerprint density at radius 1 is 1.26 bits per heavy atom. The largest absolute Gasteiger partial charge is 0.293 e.